The summed E-state index contributed by atoms with van der Waals surface area (Å²) in [5.41, 5.74) is 0.758. The summed E-state index contributed by atoms with van der Waals surface area (Å²) in [7, 11) is -3.86. The van der Waals surface area contributed by atoms with Crippen molar-refractivity contribution in [3.05, 3.63) is 64.9 Å². The van der Waals surface area contributed by atoms with Crippen molar-refractivity contribution in [3.63, 3.8) is 0 Å². The summed E-state index contributed by atoms with van der Waals surface area (Å²) in [6, 6.07) is 10.9. The molecule has 0 bridgehead atoms. The van der Waals surface area contributed by atoms with Gasteiger partial charge in [-0.15, -0.1) is 0 Å². The zero-order chi connectivity index (χ0) is 18.7. The zero-order valence-electron chi connectivity index (χ0n) is 13.9. The monoisotopic (exact) mass is 396 g/mol. The molecule has 1 aliphatic rings. The summed E-state index contributed by atoms with van der Waals surface area (Å²) in [4.78, 5) is 12.5. The summed E-state index contributed by atoms with van der Waals surface area (Å²) in [5.74, 6) is -0.882. The molecule has 0 saturated carbocycles. The van der Waals surface area contributed by atoms with Gasteiger partial charge in [-0.05, 0) is 48.7 Å². The Morgan fingerprint density at radius 3 is 2.58 bits per heavy atom. The van der Waals surface area contributed by atoms with E-state index in [9.17, 15) is 17.6 Å². The standard InChI is InChI=1S/C18H18ClFN2O3S/c19-16-5-2-1-4-13(16)12-21-18(23)17-6-3-11-22(17)26(24,25)15-9-7-14(20)8-10-15/h1-2,4-5,7-10,17H,3,6,11-12H2,(H,21,23)/t17-/m1/s1. The third-order valence-corrected chi connectivity index (χ3v) is 6.63. The van der Waals surface area contributed by atoms with E-state index in [0.717, 1.165) is 17.7 Å². The lowest BCUT2D eigenvalue weighted by Gasteiger charge is -2.23. The first-order valence-corrected chi connectivity index (χ1v) is 10.00. The summed E-state index contributed by atoms with van der Waals surface area (Å²) in [5, 5.41) is 3.29. The number of hydrogen-bond acceptors (Lipinski definition) is 3. The van der Waals surface area contributed by atoms with Crippen LogP contribution in [0.5, 0.6) is 0 Å². The molecule has 0 radical (unpaired) electrons. The molecule has 1 fully saturated rings. The van der Waals surface area contributed by atoms with Crippen molar-refractivity contribution in [2.24, 2.45) is 0 Å². The second-order valence-corrected chi connectivity index (χ2v) is 8.33. The molecule has 1 saturated heterocycles. The quantitative estimate of drug-likeness (QED) is 0.845. The molecule has 1 heterocycles. The lowest BCUT2D eigenvalue weighted by atomic mass is 10.2. The molecule has 138 valence electrons. The number of halogens is 2. The van der Waals surface area contributed by atoms with Crippen LogP contribution in [0.15, 0.2) is 53.4 Å². The molecule has 1 aliphatic heterocycles. The Morgan fingerprint density at radius 1 is 1.19 bits per heavy atom. The van der Waals surface area contributed by atoms with Crippen LogP contribution in [0.4, 0.5) is 4.39 Å². The van der Waals surface area contributed by atoms with Gasteiger partial charge >= 0.3 is 0 Å². The van der Waals surface area contributed by atoms with E-state index in [1.165, 1.54) is 16.4 Å². The van der Waals surface area contributed by atoms with Crippen LogP contribution in [0.2, 0.25) is 5.02 Å². The van der Waals surface area contributed by atoms with Crippen LogP contribution < -0.4 is 5.32 Å². The highest BCUT2D eigenvalue weighted by Crippen LogP contribution is 2.26. The molecule has 0 spiro atoms. The first kappa shape index (κ1) is 18.8. The largest absolute Gasteiger partial charge is 0.351 e. The summed E-state index contributed by atoms with van der Waals surface area (Å²) >= 11 is 6.07. The van der Waals surface area contributed by atoms with Crippen molar-refractivity contribution in [2.45, 2.75) is 30.3 Å². The fraction of sp³-hybridized carbons (Fsp3) is 0.278. The van der Waals surface area contributed by atoms with Gasteiger partial charge in [-0.1, -0.05) is 29.8 Å². The van der Waals surface area contributed by atoms with Gasteiger partial charge in [-0.25, -0.2) is 12.8 Å². The SMILES string of the molecule is O=C(NCc1ccccc1Cl)[C@H]1CCCN1S(=O)(=O)c1ccc(F)cc1. The van der Waals surface area contributed by atoms with Gasteiger partial charge < -0.3 is 5.32 Å². The first-order chi connectivity index (χ1) is 12.4. The van der Waals surface area contributed by atoms with Crippen LogP contribution in [0.3, 0.4) is 0 Å². The van der Waals surface area contributed by atoms with Gasteiger partial charge in [0.1, 0.15) is 11.9 Å². The Labute approximate surface area is 156 Å². The zero-order valence-corrected chi connectivity index (χ0v) is 15.4. The lowest BCUT2D eigenvalue weighted by Crippen LogP contribution is -2.45. The van der Waals surface area contributed by atoms with Crippen LogP contribution >= 0.6 is 11.6 Å². The van der Waals surface area contributed by atoms with E-state index < -0.39 is 21.9 Å². The predicted octanol–water partition coefficient (Wildman–Crippen LogP) is 2.95. The minimum atomic E-state index is -3.86. The molecule has 1 atom stereocenters. The molecule has 2 aromatic carbocycles. The van der Waals surface area contributed by atoms with Gasteiger partial charge in [0.25, 0.3) is 0 Å². The fourth-order valence-electron chi connectivity index (χ4n) is 2.97. The third-order valence-electron chi connectivity index (χ3n) is 4.34. The van der Waals surface area contributed by atoms with E-state index in [1.54, 1.807) is 18.2 Å². The minimum Gasteiger partial charge on any atom is -0.351 e. The Morgan fingerprint density at radius 2 is 1.88 bits per heavy atom. The maximum atomic E-state index is 13.1. The maximum absolute atomic E-state index is 13.1. The number of amides is 1. The van der Waals surface area contributed by atoms with E-state index in [-0.39, 0.29) is 23.9 Å². The second-order valence-electron chi connectivity index (χ2n) is 6.04. The second kappa shape index (κ2) is 7.73. The summed E-state index contributed by atoms with van der Waals surface area (Å²) < 4.78 is 39.8. The van der Waals surface area contributed by atoms with E-state index in [2.05, 4.69) is 5.32 Å². The molecular formula is C18H18ClFN2O3S. The normalized spacial score (nSPS) is 18.0. The van der Waals surface area contributed by atoms with Crippen molar-refractivity contribution in [1.29, 1.82) is 0 Å². The Kier molecular flexibility index (Phi) is 5.60. The smallest absolute Gasteiger partial charge is 0.243 e. The Hall–Kier alpha value is -1.96. The number of sulfonamides is 1. The van der Waals surface area contributed by atoms with Crippen molar-refractivity contribution < 1.29 is 17.6 Å². The molecule has 0 aliphatic carbocycles. The van der Waals surface area contributed by atoms with E-state index >= 15 is 0 Å². The van der Waals surface area contributed by atoms with Crippen LogP contribution in [-0.2, 0) is 21.4 Å². The molecule has 0 unspecified atom stereocenters. The topological polar surface area (TPSA) is 66.5 Å². The summed E-state index contributed by atoms with van der Waals surface area (Å²) in [6.07, 6.45) is 1.03. The number of benzene rings is 2. The molecule has 2 aromatic rings. The highest BCUT2D eigenvalue weighted by atomic mass is 35.5. The fourth-order valence-corrected chi connectivity index (χ4v) is 4.83. The Balaban J connectivity index is 1.74. The maximum Gasteiger partial charge on any atom is 0.243 e. The molecule has 3 rings (SSSR count). The summed E-state index contributed by atoms with van der Waals surface area (Å²) in [6.45, 7) is 0.476. The number of carbonyl (C=O) groups is 1. The molecule has 0 aromatic heterocycles. The average molecular weight is 397 g/mol. The number of rotatable bonds is 5. The predicted molar refractivity (Wildman–Crippen MR) is 96.6 cm³/mol. The molecule has 5 nitrogen and oxygen atoms in total. The molecular weight excluding hydrogens is 379 g/mol. The van der Waals surface area contributed by atoms with Gasteiger partial charge in [0.15, 0.2) is 0 Å². The molecule has 1 amide bonds. The van der Waals surface area contributed by atoms with Crippen molar-refractivity contribution >= 4 is 27.5 Å². The number of hydrogen-bond donors (Lipinski definition) is 1. The van der Waals surface area contributed by atoms with Crippen molar-refractivity contribution in [1.82, 2.24) is 9.62 Å². The third kappa shape index (κ3) is 3.90. The number of nitrogens with one attached hydrogen (secondary N) is 1. The molecule has 8 heteroatoms. The van der Waals surface area contributed by atoms with Crippen LogP contribution in [0.1, 0.15) is 18.4 Å². The van der Waals surface area contributed by atoms with Crippen LogP contribution in [-0.4, -0.2) is 31.2 Å². The van der Waals surface area contributed by atoms with Gasteiger partial charge in [-0.2, -0.15) is 4.31 Å². The van der Waals surface area contributed by atoms with E-state index in [0.29, 0.717) is 17.9 Å². The van der Waals surface area contributed by atoms with Crippen LogP contribution in [0.25, 0.3) is 0 Å². The molecule has 1 N–H and O–H groups in total. The average Bonchev–Trinajstić information content (AvgIpc) is 3.12. The number of nitrogens with zero attached hydrogens (tertiary/aromatic N) is 1. The lowest BCUT2D eigenvalue weighted by molar-refractivity contribution is -0.124. The van der Waals surface area contributed by atoms with Gasteiger partial charge in [0, 0.05) is 18.1 Å². The highest BCUT2D eigenvalue weighted by molar-refractivity contribution is 7.89. The van der Waals surface area contributed by atoms with E-state index in [4.69, 9.17) is 11.6 Å². The van der Waals surface area contributed by atoms with Crippen LogP contribution in [0, 0.1) is 5.82 Å². The first-order valence-electron chi connectivity index (χ1n) is 8.18. The van der Waals surface area contributed by atoms with Gasteiger partial charge in [0.2, 0.25) is 15.9 Å². The van der Waals surface area contributed by atoms with Gasteiger partial charge in [-0.3, -0.25) is 4.79 Å². The highest BCUT2D eigenvalue weighted by Gasteiger charge is 2.39. The number of carbonyl (C=O) groups excluding carboxylic acids is 1. The van der Waals surface area contributed by atoms with E-state index in [1.807, 2.05) is 6.07 Å². The molecule has 26 heavy (non-hydrogen) atoms. The van der Waals surface area contributed by atoms with Gasteiger partial charge in [0.05, 0.1) is 4.90 Å². The van der Waals surface area contributed by atoms with Crippen molar-refractivity contribution in [2.75, 3.05) is 6.54 Å². The Bertz CT molecular complexity index is 903. The minimum absolute atomic E-state index is 0.0234. The van der Waals surface area contributed by atoms with Crippen molar-refractivity contribution in [3.8, 4) is 0 Å².